The predicted octanol–water partition coefficient (Wildman–Crippen LogP) is 4.55. The maximum Gasteiger partial charge on any atom is 0.263 e. The fourth-order valence-corrected chi connectivity index (χ4v) is 5.02. The molecule has 0 radical (unpaired) electrons. The number of hydrogen-bond donors (Lipinski definition) is 1. The molecule has 1 N–H and O–H groups in total. The lowest BCUT2D eigenvalue weighted by Crippen LogP contribution is -2.31. The van der Waals surface area contributed by atoms with E-state index in [9.17, 15) is 9.59 Å². The van der Waals surface area contributed by atoms with Gasteiger partial charge in [0.25, 0.3) is 5.56 Å². The first-order chi connectivity index (χ1) is 13.3. The van der Waals surface area contributed by atoms with Gasteiger partial charge in [-0.2, -0.15) is 0 Å². The Morgan fingerprint density at radius 1 is 1.32 bits per heavy atom. The summed E-state index contributed by atoms with van der Waals surface area (Å²) in [5.41, 5.74) is 1.93. The van der Waals surface area contributed by atoms with Gasteiger partial charge in [0.05, 0.1) is 10.6 Å². The summed E-state index contributed by atoms with van der Waals surface area (Å²) in [6.45, 7) is 8.63. The molecule has 1 amide bonds. The van der Waals surface area contributed by atoms with Gasteiger partial charge >= 0.3 is 0 Å². The summed E-state index contributed by atoms with van der Waals surface area (Å²) >= 11 is 8.72. The summed E-state index contributed by atoms with van der Waals surface area (Å²) in [6.07, 6.45) is 0. The van der Waals surface area contributed by atoms with Crippen LogP contribution in [-0.4, -0.2) is 20.7 Å². The quantitative estimate of drug-likeness (QED) is 0.456. The van der Waals surface area contributed by atoms with Crippen molar-refractivity contribution >= 4 is 50.8 Å². The van der Waals surface area contributed by atoms with Gasteiger partial charge in [-0.05, 0) is 51.0 Å². The van der Waals surface area contributed by atoms with Gasteiger partial charge < -0.3 is 5.32 Å². The Labute approximate surface area is 177 Å². The molecule has 148 valence electrons. The average Bonchev–Trinajstić information content (AvgIpc) is 2.95. The number of amides is 1. The number of aryl methyl sites for hydroxylation is 2. The molecular weight excluding hydrogens is 414 g/mol. The first kappa shape index (κ1) is 20.9. The minimum Gasteiger partial charge on any atom is -0.351 e. The molecule has 1 atom stereocenters. The maximum atomic E-state index is 12.9. The van der Waals surface area contributed by atoms with E-state index in [1.807, 2.05) is 39.8 Å². The molecular formula is C20H22ClN3O2S2. The van der Waals surface area contributed by atoms with E-state index < -0.39 is 0 Å². The third kappa shape index (κ3) is 4.26. The van der Waals surface area contributed by atoms with Crippen molar-refractivity contribution in [2.75, 3.05) is 0 Å². The minimum absolute atomic E-state index is 0.0365. The van der Waals surface area contributed by atoms with Gasteiger partial charge in [0.2, 0.25) is 5.91 Å². The molecule has 1 unspecified atom stereocenters. The van der Waals surface area contributed by atoms with Crippen LogP contribution in [0.2, 0.25) is 5.02 Å². The number of fused-ring (bicyclic) bond motifs is 1. The van der Waals surface area contributed by atoms with Gasteiger partial charge in [0.15, 0.2) is 5.16 Å². The fourth-order valence-electron chi connectivity index (χ4n) is 2.82. The van der Waals surface area contributed by atoms with Gasteiger partial charge in [-0.1, -0.05) is 35.5 Å². The number of rotatable bonds is 6. The first-order valence-corrected chi connectivity index (χ1v) is 11.1. The number of thiophene rings is 1. The van der Waals surface area contributed by atoms with Gasteiger partial charge in [0.1, 0.15) is 4.83 Å². The highest BCUT2D eigenvalue weighted by molar-refractivity contribution is 8.00. The molecule has 2 aromatic heterocycles. The molecule has 0 aliphatic heterocycles. The molecule has 0 saturated heterocycles. The van der Waals surface area contributed by atoms with E-state index in [4.69, 9.17) is 11.6 Å². The van der Waals surface area contributed by atoms with E-state index in [2.05, 4.69) is 10.3 Å². The Hall–Kier alpha value is -1.83. The van der Waals surface area contributed by atoms with E-state index in [0.29, 0.717) is 28.7 Å². The van der Waals surface area contributed by atoms with Crippen LogP contribution in [0.4, 0.5) is 0 Å². The van der Waals surface area contributed by atoms with Gasteiger partial charge in [-0.25, -0.2) is 4.98 Å². The average molecular weight is 436 g/mol. The Kier molecular flexibility index (Phi) is 6.47. The molecule has 3 aromatic rings. The predicted molar refractivity (Wildman–Crippen MR) is 118 cm³/mol. The van der Waals surface area contributed by atoms with Crippen LogP contribution in [0.15, 0.2) is 34.2 Å². The summed E-state index contributed by atoms with van der Waals surface area (Å²) < 4.78 is 1.65. The number of nitrogens with one attached hydrogen (secondary N) is 1. The second kappa shape index (κ2) is 8.68. The number of aromatic nitrogens is 2. The second-order valence-corrected chi connectivity index (χ2v) is 9.46. The van der Waals surface area contributed by atoms with E-state index in [1.54, 1.807) is 16.7 Å². The fraction of sp³-hybridized carbons (Fsp3) is 0.350. The number of carbonyl (C=O) groups excluding carboxylic acids is 1. The van der Waals surface area contributed by atoms with Gasteiger partial charge in [0, 0.05) is 23.0 Å². The van der Waals surface area contributed by atoms with E-state index in [1.165, 1.54) is 23.1 Å². The number of thioether (sulfide) groups is 1. The summed E-state index contributed by atoms with van der Waals surface area (Å²) in [6, 6.07) is 7.36. The van der Waals surface area contributed by atoms with Gasteiger partial charge in [-0.3, -0.25) is 14.2 Å². The highest BCUT2D eigenvalue weighted by atomic mass is 35.5. The summed E-state index contributed by atoms with van der Waals surface area (Å²) in [5, 5.41) is 4.48. The van der Waals surface area contributed by atoms with Crippen LogP contribution in [0.5, 0.6) is 0 Å². The largest absolute Gasteiger partial charge is 0.351 e. The first-order valence-electron chi connectivity index (χ1n) is 9.01. The van der Waals surface area contributed by atoms with Crippen molar-refractivity contribution in [2.45, 2.75) is 51.2 Å². The zero-order chi connectivity index (χ0) is 20.4. The van der Waals surface area contributed by atoms with Crippen molar-refractivity contribution in [3.8, 4) is 0 Å². The van der Waals surface area contributed by atoms with E-state index >= 15 is 0 Å². The maximum absolute atomic E-state index is 12.9. The lowest BCUT2D eigenvalue weighted by molar-refractivity contribution is -0.120. The van der Waals surface area contributed by atoms with Crippen LogP contribution >= 0.6 is 34.7 Å². The SMILES string of the molecule is CCn1c(SC(C)C(=O)NCc2ccc(Cl)cc2)nc2sc(C)c(C)c2c1=O. The van der Waals surface area contributed by atoms with Crippen LogP contribution in [0.1, 0.15) is 29.9 Å². The lowest BCUT2D eigenvalue weighted by Gasteiger charge is -2.15. The molecule has 0 aliphatic carbocycles. The summed E-state index contributed by atoms with van der Waals surface area (Å²) in [7, 11) is 0. The van der Waals surface area contributed by atoms with Crippen molar-refractivity contribution in [1.82, 2.24) is 14.9 Å². The molecule has 28 heavy (non-hydrogen) atoms. The Bertz CT molecular complexity index is 1070. The van der Waals surface area contributed by atoms with Crippen molar-refractivity contribution < 1.29 is 4.79 Å². The normalized spacial score (nSPS) is 12.3. The van der Waals surface area contributed by atoms with Crippen molar-refractivity contribution in [3.05, 3.63) is 55.6 Å². The molecule has 2 heterocycles. The Morgan fingerprint density at radius 2 is 2.00 bits per heavy atom. The third-order valence-corrected chi connectivity index (χ3v) is 7.04. The Balaban J connectivity index is 1.78. The Morgan fingerprint density at radius 3 is 2.64 bits per heavy atom. The third-order valence-electron chi connectivity index (χ3n) is 4.60. The summed E-state index contributed by atoms with van der Waals surface area (Å²) in [5.74, 6) is -0.101. The number of carbonyl (C=O) groups is 1. The van der Waals surface area contributed by atoms with Crippen LogP contribution in [0, 0.1) is 13.8 Å². The second-order valence-electron chi connectivity index (χ2n) is 6.51. The van der Waals surface area contributed by atoms with Crippen molar-refractivity contribution in [1.29, 1.82) is 0 Å². The van der Waals surface area contributed by atoms with Crippen molar-refractivity contribution in [2.24, 2.45) is 0 Å². The molecule has 0 saturated carbocycles. The molecule has 5 nitrogen and oxygen atoms in total. The topological polar surface area (TPSA) is 64.0 Å². The molecule has 0 fully saturated rings. The zero-order valence-corrected chi connectivity index (χ0v) is 18.6. The molecule has 0 spiro atoms. The minimum atomic E-state index is -0.378. The highest BCUT2D eigenvalue weighted by Crippen LogP contribution is 2.29. The molecule has 1 aromatic carbocycles. The zero-order valence-electron chi connectivity index (χ0n) is 16.2. The monoisotopic (exact) mass is 435 g/mol. The van der Waals surface area contributed by atoms with Crippen LogP contribution in [0.3, 0.4) is 0 Å². The lowest BCUT2D eigenvalue weighted by atomic mass is 10.2. The van der Waals surface area contributed by atoms with E-state index in [0.717, 1.165) is 20.8 Å². The number of halogens is 1. The number of nitrogens with zero attached hydrogens (tertiary/aromatic N) is 2. The van der Waals surface area contributed by atoms with E-state index in [-0.39, 0.29) is 16.7 Å². The summed E-state index contributed by atoms with van der Waals surface area (Å²) in [4.78, 5) is 32.0. The van der Waals surface area contributed by atoms with Crippen LogP contribution < -0.4 is 10.9 Å². The van der Waals surface area contributed by atoms with Crippen LogP contribution in [0.25, 0.3) is 10.2 Å². The number of hydrogen-bond acceptors (Lipinski definition) is 5. The van der Waals surface area contributed by atoms with Crippen LogP contribution in [-0.2, 0) is 17.9 Å². The standard InChI is InChI=1S/C20H22ClN3O2S2/c1-5-24-19(26)16-11(2)12(3)27-18(16)23-20(24)28-13(4)17(25)22-10-14-6-8-15(21)9-7-14/h6-9,13H,5,10H2,1-4H3,(H,22,25). The molecule has 0 aliphatic rings. The molecule has 8 heteroatoms. The smallest absolute Gasteiger partial charge is 0.263 e. The number of benzene rings is 1. The van der Waals surface area contributed by atoms with Gasteiger partial charge in [-0.15, -0.1) is 11.3 Å². The molecule has 3 rings (SSSR count). The molecule has 0 bridgehead atoms. The highest BCUT2D eigenvalue weighted by Gasteiger charge is 2.20. The van der Waals surface area contributed by atoms with Crippen molar-refractivity contribution in [3.63, 3.8) is 0 Å².